The van der Waals surface area contributed by atoms with Crippen molar-refractivity contribution in [1.29, 1.82) is 5.41 Å². The summed E-state index contributed by atoms with van der Waals surface area (Å²) in [5, 5.41) is 12.9. The van der Waals surface area contributed by atoms with Crippen molar-refractivity contribution in [1.82, 2.24) is 5.32 Å². The molecule has 21 heavy (non-hydrogen) atoms. The fourth-order valence-electron chi connectivity index (χ4n) is 1.69. The molecule has 0 spiro atoms. The Kier molecular flexibility index (Phi) is 6.11. The molecule has 5 nitrogen and oxygen atoms in total. The Balaban J connectivity index is 3.22. The molecular formula is C14H15BrClN3O2. The number of anilines is 1. The van der Waals surface area contributed by atoms with Crippen LogP contribution in [0.5, 0.6) is 0 Å². The lowest BCUT2D eigenvalue weighted by Crippen LogP contribution is -2.22. The van der Waals surface area contributed by atoms with Gasteiger partial charge in [0, 0.05) is 17.6 Å². The summed E-state index contributed by atoms with van der Waals surface area (Å²) in [4.78, 5) is 24.0. The Morgan fingerprint density at radius 1 is 1.38 bits per heavy atom. The minimum atomic E-state index is -0.394. The van der Waals surface area contributed by atoms with Crippen molar-refractivity contribution in [3.8, 4) is 0 Å². The number of allylic oxidation sites excluding steroid dienone is 1. The maximum absolute atomic E-state index is 12.1. The lowest BCUT2D eigenvalue weighted by molar-refractivity contribution is -0.112. The summed E-state index contributed by atoms with van der Waals surface area (Å²) >= 11 is 8.90. The Hall–Kier alpha value is -1.66. The molecule has 1 aromatic rings. The van der Waals surface area contributed by atoms with Crippen molar-refractivity contribution in [2.45, 2.75) is 13.8 Å². The monoisotopic (exact) mass is 371 g/mol. The molecule has 0 unspecified atom stereocenters. The Bertz CT molecular complexity index is 641. The van der Waals surface area contributed by atoms with Gasteiger partial charge in [0.25, 0.3) is 11.8 Å². The molecule has 2 amide bonds. The number of aryl methyl sites for hydroxylation is 1. The first-order valence-corrected chi connectivity index (χ1v) is 7.19. The molecule has 0 saturated carbocycles. The number of amides is 2. The van der Waals surface area contributed by atoms with Gasteiger partial charge < -0.3 is 10.6 Å². The number of rotatable bonds is 4. The largest absolute Gasteiger partial charge is 0.355 e. The van der Waals surface area contributed by atoms with Gasteiger partial charge in [-0.25, -0.2) is 0 Å². The maximum atomic E-state index is 12.1. The number of halogens is 2. The second-order valence-corrected chi connectivity index (χ2v) is 5.64. The zero-order chi connectivity index (χ0) is 16.2. The molecule has 0 aliphatic heterocycles. The van der Waals surface area contributed by atoms with E-state index in [1.165, 1.54) is 19.2 Å². The highest BCUT2D eigenvalue weighted by atomic mass is 79.9. The summed E-state index contributed by atoms with van der Waals surface area (Å²) < 4.78 is 0.0921. The van der Waals surface area contributed by atoms with Gasteiger partial charge in [0.2, 0.25) is 0 Å². The zero-order valence-electron chi connectivity index (χ0n) is 11.8. The summed E-state index contributed by atoms with van der Waals surface area (Å²) in [6.07, 6.45) is 1.38. The van der Waals surface area contributed by atoms with Crippen LogP contribution in [0.1, 0.15) is 22.8 Å². The van der Waals surface area contributed by atoms with Crippen LogP contribution in [0, 0.1) is 12.3 Å². The fourth-order valence-corrected chi connectivity index (χ4v) is 2.31. The van der Waals surface area contributed by atoms with Crippen LogP contribution < -0.4 is 10.6 Å². The van der Waals surface area contributed by atoms with Gasteiger partial charge in [0.15, 0.2) is 0 Å². The molecule has 0 aliphatic rings. The van der Waals surface area contributed by atoms with Crippen LogP contribution in [-0.4, -0.2) is 23.5 Å². The smallest absolute Gasteiger partial charge is 0.253 e. The predicted octanol–water partition coefficient (Wildman–Crippen LogP) is 3.26. The van der Waals surface area contributed by atoms with Crippen LogP contribution in [0.3, 0.4) is 0 Å². The molecule has 0 atom stereocenters. The predicted molar refractivity (Wildman–Crippen MR) is 88.6 cm³/mol. The molecule has 0 fully saturated rings. The highest BCUT2D eigenvalue weighted by molar-refractivity contribution is 9.18. The molecule has 3 N–H and O–H groups in total. The minimum absolute atomic E-state index is 0.0921. The highest BCUT2D eigenvalue weighted by Crippen LogP contribution is 2.26. The van der Waals surface area contributed by atoms with Gasteiger partial charge in [0.05, 0.1) is 15.9 Å². The molecule has 1 rings (SSSR count). The van der Waals surface area contributed by atoms with Crippen LogP contribution in [0.4, 0.5) is 5.69 Å². The summed E-state index contributed by atoms with van der Waals surface area (Å²) in [5.74, 6) is -0.736. The number of hydrogen-bond donors (Lipinski definition) is 3. The number of carbonyl (C=O) groups excluding carboxylic acids is 2. The van der Waals surface area contributed by atoms with Crippen LogP contribution in [0.15, 0.2) is 23.8 Å². The molecule has 0 saturated heterocycles. The van der Waals surface area contributed by atoms with E-state index in [4.69, 9.17) is 17.0 Å². The topological polar surface area (TPSA) is 82.1 Å². The fraction of sp³-hybridized carbons (Fsp3) is 0.214. The van der Waals surface area contributed by atoms with E-state index in [2.05, 4.69) is 26.6 Å². The van der Waals surface area contributed by atoms with E-state index in [-0.39, 0.29) is 16.1 Å². The van der Waals surface area contributed by atoms with E-state index in [1.54, 1.807) is 19.9 Å². The summed E-state index contributed by atoms with van der Waals surface area (Å²) in [6, 6.07) is 3.16. The van der Waals surface area contributed by atoms with Crippen molar-refractivity contribution in [2.75, 3.05) is 12.4 Å². The summed E-state index contributed by atoms with van der Waals surface area (Å²) in [6.45, 7) is 3.33. The first-order chi connectivity index (χ1) is 9.76. The van der Waals surface area contributed by atoms with E-state index in [0.29, 0.717) is 21.8 Å². The van der Waals surface area contributed by atoms with Crippen LogP contribution >= 0.6 is 27.5 Å². The first-order valence-electron chi connectivity index (χ1n) is 6.02. The molecule has 0 aliphatic carbocycles. The van der Waals surface area contributed by atoms with Gasteiger partial charge in [-0.15, -0.1) is 0 Å². The van der Waals surface area contributed by atoms with Gasteiger partial charge in [-0.3, -0.25) is 15.0 Å². The molecule has 0 bridgehead atoms. The third-order valence-corrected chi connectivity index (χ3v) is 3.16. The first kappa shape index (κ1) is 17.4. The third kappa shape index (κ3) is 4.68. The van der Waals surface area contributed by atoms with Crippen molar-refractivity contribution in [3.05, 3.63) is 39.9 Å². The van der Waals surface area contributed by atoms with E-state index < -0.39 is 5.91 Å². The number of nitrogens with one attached hydrogen (secondary N) is 3. The normalized spacial score (nSPS) is 11.0. The minimum Gasteiger partial charge on any atom is -0.355 e. The molecule has 0 heterocycles. The van der Waals surface area contributed by atoms with Crippen molar-refractivity contribution in [3.63, 3.8) is 0 Å². The molecule has 1 aromatic carbocycles. The Labute approximate surface area is 136 Å². The van der Waals surface area contributed by atoms with E-state index in [9.17, 15) is 9.59 Å². The van der Waals surface area contributed by atoms with Crippen LogP contribution in [0.25, 0.3) is 0 Å². The lowest BCUT2D eigenvalue weighted by Gasteiger charge is -2.14. The van der Waals surface area contributed by atoms with Gasteiger partial charge in [0.1, 0.15) is 0 Å². The van der Waals surface area contributed by atoms with Gasteiger partial charge in [-0.2, -0.15) is 0 Å². The van der Waals surface area contributed by atoms with Gasteiger partial charge in [-0.1, -0.05) is 11.6 Å². The van der Waals surface area contributed by atoms with E-state index in [1.807, 2.05) is 0 Å². The Morgan fingerprint density at radius 2 is 2.00 bits per heavy atom. The maximum Gasteiger partial charge on any atom is 0.253 e. The van der Waals surface area contributed by atoms with E-state index >= 15 is 0 Å². The Morgan fingerprint density at radius 3 is 2.52 bits per heavy atom. The standard InChI is InChI=1S/C14H15BrClN3O2/c1-7-4-9(16)6-10(14(21)18-3)12(7)19-13(20)8(2)5-11(15)17/h4-6,17H,1-3H3,(H,18,21)(H,19,20)/b8-5+,17-11?. The average Bonchev–Trinajstić information content (AvgIpc) is 2.39. The van der Waals surface area contributed by atoms with Crippen LogP contribution in [-0.2, 0) is 4.79 Å². The summed E-state index contributed by atoms with van der Waals surface area (Å²) in [7, 11) is 1.50. The van der Waals surface area contributed by atoms with Crippen LogP contribution in [0.2, 0.25) is 5.02 Å². The van der Waals surface area contributed by atoms with E-state index in [0.717, 1.165) is 0 Å². The quantitative estimate of drug-likeness (QED) is 0.560. The number of hydrogen-bond acceptors (Lipinski definition) is 3. The highest BCUT2D eigenvalue weighted by Gasteiger charge is 2.16. The SMILES string of the molecule is CNC(=O)c1cc(Cl)cc(C)c1NC(=O)/C(C)=C/C(=N)Br. The van der Waals surface area contributed by atoms with Crippen molar-refractivity contribution >= 4 is 49.7 Å². The van der Waals surface area contributed by atoms with Crippen molar-refractivity contribution < 1.29 is 9.59 Å². The van der Waals surface area contributed by atoms with Gasteiger partial charge in [-0.05, 0) is 53.5 Å². The lowest BCUT2D eigenvalue weighted by atomic mass is 10.1. The third-order valence-electron chi connectivity index (χ3n) is 2.71. The molecule has 0 aromatic heterocycles. The number of benzene rings is 1. The zero-order valence-corrected chi connectivity index (χ0v) is 14.1. The summed E-state index contributed by atoms with van der Waals surface area (Å²) in [5.41, 5.74) is 1.71. The number of carbonyl (C=O) groups is 2. The van der Waals surface area contributed by atoms with Crippen molar-refractivity contribution in [2.24, 2.45) is 0 Å². The molecular weight excluding hydrogens is 358 g/mol. The second-order valence-electron chi connectivity index (χ2n) is 4.35. The molecule has 7 heteroatoms. The second kappa shape index (κ2) is 7.38. The van der Waals surface area contributed by atoms with Gasteiger partial charge >= 0.3 is 0 Å². The average molecular weight is 373 g/mol. The molecule has 0 radical (unpaired) electrons. The molecule has 112 valence electrons.